The maximum atomic E-state index is 13.2. The summed E-state index contributed by atoms with van der Waals surface area (Å²) in [5.41, 5.74) is -2.35. The molecule has 10 heteroatoms. The van der Waals surface area contributed by atoms with Gasteiger partial charge >= 0.3 is 11.9 Å². The predicted molar refractivity (Wildman–Crippen MR) is 135 cm³/mol. The Hall–Kier alpha value is -1.82. The lowest BCUT2D eigenvalue weighted by molar-refractivity contribution is -0.252. The third-order valence-corrected chi connectivity index (χ3v) is 10.6. The summed E-state index contributed by atoms with van der Waals surface area (Å²) in [5.74, 6) is -1.63. The highest BCUT2D eigenvalue weighted by atomic mass is 16.7. The van der Waals surface area contributed by atoms with E-state index in [1.54, 1.807) is 32.1 Å². The Kier molecular flexibility index (Phi) is 6.56. The first-order valence-corrected chi connectivity index (χ1v) is 14.1. The van der Waals surface area contributed by atoms with Crippen LogP contribution in [-0.4, -0.2) is 95.9 Å². The molecule has 216 valence electrons. The van der Waals surface area contributed by atoms with E-state index in [0.29, 0.717) is 25.9 Å². The molecule has 0 aromatic carbocycles. The van der Waals surface area contributed by atoms with Crippen molar-refractivity contribution >= 4 is 11.9 Å². The van der Waals surface area contributed by atoms with Crippen LogP contribution < -0.4 is 0 Å². The van der Waals surface area contributed by atoms with Crippen molar-refractivity contribution in [1.29, 1.82) is 0 Å². The molecule has 0 unspecified atom stereocenters. The monoisotopic (exact) mass is 548 g/mol. The van der Waals surface area contributed by atoms with Gasteiger partial charge in [-0.1, -0.05) is 32.1 Å². The summed E-state index contributed by atoms with van der Waals surface area (Å²) in [6.07, 6.45) is 4.42. The van der Waals surface area contributed by atoms with Gasteiger partial charge in [0.05, 0.1) is 35.9 Å². The minimum atomic E-state index is -1.34. The van der Waals surface area contributed by atoms with Gasteiger partial charge in [0.25, 0.3) is 0 Å². The van der Waals surface area contributed by atoms with Crippen molar-refractivity contribution in [1.82, 2.24) is 0 Å². The molecule has 0 aromatic rings. The molecule has 6 rings (SSSR count). The van der Waals surface area contributed by atoms with Gasteiger partial charge in [0.1, 0.15) is 30.5 Å². The fraction of sp³-hybridized carbons (Fsp3) is 0.793. The van der Waals surface area contributed by atoms with Crippen LogP contribution in [0.2, 0.25) is 0 Å². The van der Waals surface area contributed by atoms with Crippen LogP contribution in [0.4, 0.5) is 0 Å². The second-order valence-corrected chi connectivity index (χ2v) is 12.7. The van der Waals surface area contributed by atoms with Crippen LogP contribution in [-0.2, 0) is 38.0 Å². The van der Waals surface area contributed by atoms with E-state index in [9.17, 15) is 19.8 Å². The number of cyclic esters (lactones) is 1. The van der Waals surface area contributed by atoms with Crippen molar-refractivity contribution in [3.05, 3.63) is 24.3 Å². The van der Waals surface area contributed by atoms with E-state index < -0.39 is 58.7 Å². The summed E-state index contributed by atoms with van der Waals surface area (Å²) in [6.45, 7) is 8.23. The van der Waals surface area contributed by atoms with Crippen molar-refractivity contribution < 1.29 is 48.2 Å². The van der Waals surface area contributed by atoms with Crippen molar-refractivity contribution in [2.75, 3.05) is 19.8 Å². The highest BCUT2D eigenvalue weighted by Crippen LogP contribution is 2.75. The molecule has 2 bridgehead atoms. The minimum absolute atomic E-state index is 0.00220. The SMILES string of the molecule is C[C@@H]1CCO[C@@H]([C@@H](C)O)/C=C/C=C\C(=O)O[C@@H]2C[C@H]3O[C@@H]4[C@@H]5O[C@]5(C)CC[C@]4(COC(=O)[C@H]1O)[C@]2(C)[C@]31CO1. The molecular weight excluding hydrogens is 508 g/mol. The molecule has 0 amide bonds. The van der Waals surface area contributed by atoms with Crippen molar-refractivity contribution in [2.45, 2.75) is 107 Å². The summed E-state index contributed by atoms with van der Waals surface area (Å²) < 4.78 is 36.8. The van der Waals surface area contributed by atoms with Gasteiger partial charge in [-0.15, -0.1) is 0 Å². The zero-order valence-corrected chi connectivity index (χ0v) is 23.0. The molecule has 12 atom stereocenters. The van der Waals surface area contributed by atoms with Crippen molar-refractivity contribution in [2.24, 2.45) is 16.7 Å². The fourth-order valence-corrected chi connectivity index (χ4v) is 7.75. The summed E-state index contributed by atoms with van der Waals surface area (Å²) in [4.78, 5) is 26.2. The summed E-state index contributed by atoms with van der Waals surface area (Å²) in [6, 6.07) is 0. The first-order valence-electron chi connectivity index (χ1n) is 14.1. The first kappa shape index (κ1) is 27.4. The van der Waals surface area contributed by atoms with E-state index in [-0.39, 0.29) is 37.1 Å². The third-order valence-electron chi connectivity index (χ3n) is 10.6. The largest absolute Gasteiger partial charge is 0.463 e. The van der Waals surface area contributed by atoms with Gasteiger partial charge in [0.15, 0.2) is 6.10 Å². The lowest BCUT2D eigenvalue weighted by atomic mass is 9.50. The molecule has 4 aliphatic heterocycles. The smallest absolute Gasteiger partial charge is 0.335 e. The number of hydrogen-bond donors (Lipinski definition) is 2. The van der Waals surface area contributed by atoms with Gasteiger partial charge in [-0.05, 0) is 39.0 Å². The standard InChI is InChI=1S/C29H40O10/c1-16-9-12-34-18(17(2)30)7-5-6-8-21(31)37-19-13-20-29(15-36-29)27(19,4)28(14-35-25(33)22(16)32)11-10-26(3)23(39-26)24(28)38-20/h5-8,16-20,22-24,30,32H,9-15H2,1-4H3/b7-5+,8-6-/t16-,17-,18-,19-,20-,22+,23+,24-,26-,27-,28-,29+/m1/s1. The van der Waals surface area contributed by atoms with Crippen molar-refractivity contribution in [3.63, 3.8) is 0 Å². The molecule has 4 heterocycles. The molecule has 0 aromatic heterocycles. The van der Waals surface area contributed by atoms with E-state index in [1.165, 1.54) is 6.08 Å². The van der Waals surface area contributed by atoms with Crippen LogP contribution >= 0.6 is 0 Å². The molecule has 6 aliphatic rings. The van der Waals surface area contributed by atoms with Crippen LogP contribution in [0.1, 0.15) is 53.4 Å². The van der Waals surface area contributed by atoms with Gasteiger partial charge in [-0.3, -0.25) is 0 Å². The number of allylic oxidation sites excluding steroid dienone is 2. The third kappa shape index (κ3) is 4.05. The predicted octanol–water partition coefficient (Wildman–Crippen LogP) is 1.60. The van der Waals surface area contributed by atoms with E-state index in [4.69, 9.17) is 28.4 Å². The summed E-state index contributed by atoms with van der Waals surface area (Å²) >= 11 is 0. The first-order chi connectivity index (χ1) is 18.5. The quantitative estimate of drug-likeness (QED) is 0.367. The molecule has 0 radical (unpaired) electrons. The molecular formula is C29H40O10. The highest BCUT2D eigenvalue weighted by molar-refractivity contribution is 5.82. The van der Waals surface area contributed by atoms with E-state index >= 15 is 0 Å². The molecule has 2 aliphatic carbocycles. The minimum Gasteiger partial charge on any atom is -0.463 e. The normalized spacial score (nSPS) is 53.7. The Morgan fingerprint density at radius 3 is 2.56 bits per heavy atom. The average molecular weight is 549 g/mol. The van der Waals surface area contributed by atoms with Crippen LogP contribution in [0.5, 0.6) is 0 Å². The second-order valence-electron chi connectivity index (χ2n) is 12.7. The van der Waals surface area contributed by atoms with Gasteiger partial charge in [0, 0.05) is 24.5 Å². The molecule has 5 fully saturated rings. The number of aliphatic hydroxyl groups is 2. The number of carbonyl (C=O) groups is 2. The van der Waals surface area contributed by atoms with E-state index in [2.05, 4.69) is 13.8 Å². The van der Waals surface area contributed by atoms with Gasteiger partial charge in [0.2, 0.25) is 0 Å². The van der Waals surface area contributed by atoms with Gasteiger partial charge < -0.3 is 38.6 Å². The Bertz CT molecular complexity index is 1070. The summed E-state index contributed by atoms with van der Waals surface area (Å²) in [5, 5.41) is 20.9. The molecule has 2 spiro atoms. The summed E-state index contributed by atoms with van der Waals surface area (Å²) in [7, 11) is 0. The molecule has 10 nitrogen and oxygen atoms in total. The molecule has 39 heavy (non-hydrogen) atoms. The number of ether oxygens (including phenoxy) is 6. The van der Waals surface area contributed by atoms with Crippen molar-refractivity contribution in [3.8, 4) is 0 Å². The number of aliphatic hydroxyl groups excluding tert-OH is 2. The number of esters is 2. The number of rotatable bonds is 1. The Balaban J connectivity index is 1.36. The lowest BCUT2D eigenvalue weighted by Crippen LogP contribution is -2.69. The number of hydrogen-bond acceptors (Lipinski definition) is 10. The maximum Gasteiger partial charge on any atom is 0.335 e. The Morgan fingerprint density at radius 2 is 1.85 bits per heavy atom. The van der Waals surface area contributed by atoms with Crippen LogP contribution in [0.25, 0.3) is 0 Å². The van der Waals surface area contributed by atoms with Gasteiger partial charge in [-0.25, -0.2) is 9.59 Å². The van der Waals surface area contributed by atoms with Crippen LogP contribution in [0.15, 0.2) is 24.3 Å². The van der Waals surface area contributed by atoms with Crippen LogP contribution in [0, 0.1) is 16.7 Å². The highest BCUT2D eigenvalue weighted by Gasteiger charge is 2.86. The molecule has 2 saturated carbocycles. The number of carbonyl (C=O) groups excluding carboxylic acids is 2. The Morgan fingerprint density at radius 1 is 1.08 bits per heavy atom. The van der Waals surface area contributed by atoms with E-state index in [0.717, 1.165) is 6.42 Å². The zero-order valence-electron chi connectivity index (χ0n) is 23.0. The maximum absolute atomic E-state index is 13.2. The topological polar surface area (TPSA) is 137 Å². The lowest BCUT2D eigenvalue weighted by Gasteiger charge is -2.58. The number of epoxide rings is 2. The molecule has 2 N–H and O–H groups in total. The number of fused-ring (bicyclic) bond motifs is 2. The van der Waals surface area contributed by atoms with Crippen LogP contribution in [0.3, 0.4) is 0 Å². The second kappa shape index (κ2) is 9.36. The molecule has 3 saturated heterocycles. The Labute approximate surface area is 228 Å². The zero-order chi connectivity index (χ0) is 27.8. The van der Waals surface area contributed by atoms with E-state index in [1.807, 2.05) is 0 Å². The van der Waals surface area contributed by atoms with Gasteiger partial charge in [-0.2, -0.15) is 0 Å². The average Bonchev–Trinajstić information content (AvgIpc) is 3.80. The fourth-order valence-electron chi connectivity index (χ4n) is 7.75.